The third kappa shape index (κ3) is 3.18. The third-order valence-electron chi connectivity index (χ3n) is 3.06. The molecule has 0 radical (unpaired) electrons. The number of amides is 1. The van der Waals surface area contributed by atoms with Crippen LogP contribution in [0.3, 0.4) is 0 Å². The van der Waals surface area contributed by atoms with Crippen molar-refractivity contribution >= 4 is 45.3 Å². The van der Waals surface area contributed by atoms with Gasteiger partial charge in [0.2, 0.25) is 6.41 Å². The molecule has 0 aliphatic carbocycles. The molecular weight excluding hydrogens is 320 g/mol. The van der Waals surface area contributed by atoms with E-state index in [1.807, 2.05) is 38.1 Å². The van der Waals surface area contributed by atoms with Gasteiger partial charge in [-0.15, -0.1) is 11.3 Å². The normalized spacial score (nSPS) is 10.1. The molecule has 0 saturated carbocycles. The number of aromatic nitrogens is 2. The Hall–Kier alpha value is -2.18. The number of thiophene rings is 1. The van der Waals surface area contributed by atoms with E-state index in [1.165, 1.54) is 0 Å². The van der Waals surface area contributed by atoms with E-state index in [-0.39, 0.29) is 6.41 Å². The monoisotopic (exact) mass is 334 g/mol. The van der Waals surface area contributed by atoms with Gasteiger partial charge in [0.1, 0.15) is 4.83 Å². The van der Waals surface area contributed by atoms with Crippen LogP contribution in [0.15, 0.2) is 24.3 Å². The summed E-state index contributed by atoms with van der Waals surface area (Å²) >= 11 is 7.50. The molecule has 4 N–H and O–H groups in total. The van der Waals surface area contributed by atoms with Crippen LogP contribution in [0, 0.1) is 13.8 Å². The van der Waals surface area contributed by atoms with Crippen molar-refractivity contribution in [3.63, 3.8) is 0 Å². The Kier molecular flexibility index (Phi) is 4.95. The van der Waals surface area contributed by atoms with Crippen LogP contribution in [0.2, 0.25) is 5.02 Å². The summed E-state index contributed by atoms with van der Waals surface area (Å²) in [6, 6.07) is 7.53. The molecule has 0 aliphatic heterocycles. The molecule has 0 saturated heterocycles. The Morgan fingerprint density at radius 1 is 1.18 bits per heavy atom. The van der Waals surface area contributed by atoms with Crippen molar-refractivity contribution in [3.8, 4) is 11.4 Å². The van der Waals surface area contributed by atoms with Crippen LogP contribution in [0.5, 0.6) is 0 Å². The van der Waals surface area contributed by atoms with E-state index in [0.717, 1.165) is 32.0 Å². The van der Waals surface area contributed by atoms with E-state index in [9.17, 15) is 0 Å². The Morgan fingerprint density at radius 3 is 2.36 bits per heavy atom. The molecule has 3 aromatic rings. The van der Waals surface area contributed by atoms with Gasteiger partial charge in [-0.2, -0.15) is 0 Å². The molecule has 0 spiro atoms. The summed E-state index contributed by atoms with van der Waals surface area (Å²) in [4.78, 5) is 19.8. The molecule has 2 aromatic heterocycles. The summed E-state index contributed by atoms with van der Waals surface area (Å²) in [6.07, 6.45) is 0.250. The molecule has 2 heterocycles. The molecule has 0 bridgehead atoms. The van der Waals surface area contributed by atoms with Crippen LogP contribution >= 0.6 is 22.9 Å². The number of primary amides is 1. The number of nitrogen functional groups attached to an aromatic ring is 1. The van der Waals surface area contributed by atoms with Gasteiger partial charge in [-0.3, -0.25) is 4.79 Å². The van der Waals surface area contributed by atoms with Crippen molar-refractivity contribution in [2.75, 3.05) is 5.73 Å². The third-order valence-corrected chi connectivity index (χ3v) is 4.32. The molecule has 5 nitrogen and oxygen atoms in total. The second kappa shape index (κ2) is 6.72. The molecule has 1 aromatic carbocycles. The van der Waals surface area contributed by atoms with Gasteiger partial charge < -0.3 is 11.5 Å². The molecule has 22 heavy (non-hydrogen) atoms. The van der Waals surface area contributed by atoms with Crippen LogP contribution in [0.4, 0.5) is 5.69 Å². The number of anilines is 1. The SMILES string of the molecule is Cc1sc2nc(-c3ccc(Cl)cc3)nc(C)c2c1N.NC=O. The Bertz CT molecular complexity index is 815. The van der Waals surface area contributed by atoms with Crippen LogP contribution in [0.25, 0.3) is 21.6 Å². The van der Waals surface area contributed by atoms with Crippen LogP contribution in [0.1, 0.15) is 10.6 Å². The fourth-order valence-electron chi connectivity index (χ4n) is 2.03. The molecule has 0 fully saturated rings. The minimum absolute atomic E-state index is 0.250. The zero-order valence-electron chi connectivity index (χ0n) is 12.1. The second-order valence-corrected chi connectivity index (χ2v) is 6.17. The minimum atomic E-state index is 0.250. The number of fused-ring (bicyclic) bond motifs is 1. The summed E-state index contributed by atoms with van der Waals surface area (Å²) in [5.41, 5.74) is 12.9. The van der Waals surface area contributed by atoms with E-state index >= 15 is 0 Å². The first-order valence-electron chi connectivity index (χ1n) is 6.42. The maximum atomic E-state index is 8.58. The molecule has 0 aliphatic rings. The lowest BCUT2D eigenvalue weighted by atomic mass is 10.2. The Balaban J connectivity index is 0.000000545. The molecule has 7 heteroatoms. The standard InChI is InChI=1S/C14H12ClN3S.CH3NO/c1-7-11-12(16)8(2)19-14(11)18-13(17-7)9-3-5-10(15)6-4-9;2-1-3/h3-6H,16H2,1-2H3;1H,(H2,2,3). The number of aryl methyl sites for hydroxylation is 2. The highest BCUT2D eigenvalue weighted by atomic mass is 35.5. The molecule has 1 amide bonds. The Morgan fingerprint density at radius 2 is 1.77 bits per heavy atom. The zero-order chi connectivity index (χ0) is 16.3. The number of carbonyl (C=O) groups excluding carboxylic acids is 1. The lowest BCUT2D eigenvalue weighted by Crippen LogP contribution is -1.94. The van der Waals surface area contributed by atoms with E-state index in [4.69, 9.17) is 22.1 Å². The summed E-state index contributed by atoms with van der Waals surface area (Å²) in [5.74, 6) is 0.711. The summed E-state index contributed by atoms with van der Waals surface area (Å²) in [6.45, 7) is 3.97. The average Bonchev–Trinajstić information content (AvgIpc) is 2.76. The molecule has 114 valence electrons. The van der Waals surface area contributed by atoms with E-state index in [0.29, 0.717) is 10.8 Å². The summed E-state index contributed by atoms with van der Waals surface area (Å²) < 4.78 is 0. The van der Waals surface area contributed by atoms with Crippen LogP contribution in [-0.2, 0) is 4.79 Å². The van der Waals surface area contributed by atoms with Crippen molar-refractivity contribution in [1.29, 1.82) is 0 Å². The second-order valence-electron chi connectivity index (χ2n) is 4.53. The number of carbonyl (C=O) groups is 1. The van der Waals surface area contributed by atoms with Crippen molar-refractivity contribution in [2.24, 2.45) is 5.73 Å². The van der Waals surface area contributed by atoms with Gasteiger partial charge in [0, 0.05) is 15.5 Å². The average molecular weight is 335 g/mol. The van der Waals surface area contributed by atoms with Gasteiger partial charge in [-0.05, 0) is 38.1 Å². The van der Waals surface area contributed by atoms with Crippen LogP contribution < -0.4 is 11.5 Å². The number of halogens is 1. The van der Waals surface area contributed by atoms with Crippen molar-refractivity contribution < 1.29 is 4.79 Å². The lowest BCUT2D eigenvalue weighted by molar-refractivity contribution is -0.106. The molecular formula is C15H15ClN4OS. The maximum Gasteiger partial charge on any atom is 0.204 e. The predicted octanol–water partition coefficient (Wildman–Crippen LogP) is 3.31. The highest BCUT2D eigenvalue weighted by molar-refractivity contribution is 7.19. The first kappa shape index (κ1) is 16.2. The molecule has 0 unspecified atom stereocenters. The van der Waals surface area contributed by atoms with Crippen molar-refractivity contribution in [1.82, 2.24) is 9.97 Å². The predicted molar refractivity (Wildman–Crippen MR) is 92.0 cm³/mol. The van der Waals surface area contributed by atoms with Gasteiger partial charge in [0.15, 0.2) is 5.82 Å². The van der Waals surface area contributed by atoms with Gasteiger partial charge in [-0.1, -0.05) is 11.6 Å². The quantitative estimate of drug-likeness (QED) is 0.667. The fourth-order valence-corrected chi connectivity index (χ4v) is 3.15. The van der Waals surface area contributed by atoms with E-state index < -0.39 is 0 Å². The highest BCUT2D eigenvalue weighted by Gasteiger charge is 2.13. The topological polar surface area (TPSA) is 94.9 Å². The maximum absolute atomic E-state index is 8.58. The number of nitrogens with two attached hydrogens (primary N) is 2. The largest absolute Gasteiger partial charge is 0.397 e. The summed E-state index contributed by atoms with van der Waals surface area (Å²) in [5, 5.41) is 1.68. The number of hydrogen-bond donors (Lipinski definition) is 2. The fraction of sp³-hybridized carbons (Fsp3) is 0.133. The lowest BCUT2D eigenvalue weighted by Gasteiger charge is -2.03. The smallest absolute Gasteiger partial charge is 0.204 e. The number of rotatable bonds is 1. The number of nitrogens with zero attached hydrogens (tertiary/aromatic N) is 2. The van der Waals surface area contributed by atoms with Crippen molar-refractivity contribution in [2.45, 2.75) is 13.8 Å². The van der Waals surface area contributed by atoms with Gasteiger partial charge in [0.25, 0.3) is 0 Å². The minimum Gasteiger partial charge on any atom is -0.397 e. The number of hydrogen-bond acceptors (Lipinski definition) is 5. The Labute approximate surface area is 136 Å². The van der Waals surface area contributed by atoms with Gasteiger partial charge >= 0.3 is 0 Å². The number of benzene rings is 1. The van der Waals surface area contributed by atoms with Crippen LogP contribution in [-0.4, -0.2) is 16.4 Å². The zero-order valence-corrected chi connectivity index (χ0v) is 13.7. The van der Waals surface area contributed by atoms with Crippen molar-refractivity contribution in [3.05, 3.63) is 39.9 Å². The highest BCUT2D eigenvalue weighted by Crippen LogP contribution is 2.34. The molecule has 0 atom stereocenters. The first-order valence-corrected chi connectivity index (χ1v) is 7.62. The summed E-state index contributed by atoms with van der Waals surface area (Å²) in [7, 11) is 0. The van der Waals surface area contributed by atoms with E-state index in [2.05, 4.69) is 15.7 Å². The van der Waals surface area contributed by atoms with Gasteiger partial charge in [0.05, 0.1) is 16.8 Å². The van der Waals surface area contributed by atoms with Gasteiger partial charge in [-0.25, -0.2) is 9.97 Å². The first-order chi connectivity index (χ1) is 10.5. The van der Waals surface area contributed by atoms with E-state index in [1.54, 1.807) is 11.3 Å². The molecule has 3 rings (SSSR count).